The Morgan fingerprint density at radius 2 is 2.15 bits per heavy atom. The van der Waals surface area contributed by atoms with Crippen molar-refractivity contribution in [2.45, 2.75) is 39.5 Å². The Hall–Kier alpha value is -2.16. The van der Waals surface area contributed by atoms with Gasteiger partial charge in [0, 0.05) is 19.3 Å². The van der Waals surface area contributed by atoms with Gasteiger partial charge in [-0.15, -0.1) is 4.40 Å². The molecule has 0 aromatic carbocycles. The number of carbonyl (C=O) groups excluding carboxylic acids is 2. The molecule has 27 heavy (non-hydrogen) atoms. The zero-order valence-electron chi connectivity index (χ0n) is 15.8. The third-order valence-corrected chi connectivity index (χ3v) is 5.69. The average molecular weight is 397 g/mol. The van der Waals surface area contributed by atoms with Gasteiger partial charge in [0.05, 0.1) is 5.75 Å². The molecule has 8 nitrogen and oxygen atoms in total. The maximum atomic E-state index is 12.3. The molecular weight excluding hydrogens is 370 g/mol. The van der Waals surface area contributed by atoms with Crippen LogP contribution in [0.15, 0.2) is 28.3 Å². The third kappa shape index (κ3) is 6.20. The maximum absolute atomic E-state index is 12.3. The van der Waals surface area contributed by atoms with E-state index in [0.717, 1.165) is 25.7 Å². The number of amidine groups is 1. The molecule has 0 aromatic heterocycles. The maximum Gasteiger partial charge on any atom is 0.342 e. The van der Waals surface area contributed by atoms with Gasteiger partial charge < -0.3 is 15.0 Å². The molecule has 2 aliphatic heterocycles. The molecule has 0 radical (unpaired) electrons. The van der Waals surface area contributed by atoms with Crippen molar-refractivity contribution in [3.05, 3.63) is 23.9 Å². The highest BCUT2D eigenvalue weighted by Gasteiger charge is 2.30. The van der Waals surface area contributed by atoms with Gasteiger partial charge in [-0.3, -0.25) is 4.79 Å². The summed E-state index contributed by atoms with van der Waals surface area (Å²) in [4.78, 5) is 25.8. The normalized spacial score (nSPS) is 18.8. The molecule has 1 N–H and O–H groups in total. The lowest BCUT2D eigenvalue weighted by Crippen LogP contribution is -2.40. The van der Waals surface area contributed by atoms with Gasteiger partial charge in [0.25, 0.3) is 15.9 Å². The van der Waals surface area contributed by atoms with Gasteiger partial charge in [0.1, 0.15) is 5.57 Å². The van der Waals surface area contributed by atoms with Crippen molar-refractivity contribution < 1.29 is 22.7 Å². The number of allylic oxidation sites excluding steroid dienone is 2. The first-order chi connectivity index (χ1) is 12.9. The van der Waals surface area contributed by atoms with Gasteiger partial charge in [-0.1, -0.05) is 33.1 Å². The number of nitrogens with one attached hydrogen (secondary N) is 1. The zero-order chi connectivity index (χ0) is 19.9. The van der Waals surface area contributed by atoms with E-state index in [4.69, 9.17) is 4.74 Å². The van der Waals surface area contributed by atoms with E-state index in [2.05, 4.69) is 23.6 Å². The average Bonchev–Trinajstić information content (AvgIpc) is 2.65. The lowest BCUT2D eigenvalue weighted by atomic mass is 9.99. The quantitative estimate of drug-likeness (QED) is 0.589. The number of sulfonamides is 1. The molecule has 0 unspecified atom stereocenters. The summed E-state index contributed by atoms with van der Waals surface area (Å²) in [6, 6.07) is 0. The van der Waals surface area contributed by atoms with E-state index < -0.39 is 22.6 Å². The molecule has 0 saturated carbocycles. The minimum absolute atomic E-state index is 0.0305. The SMILES string of the molecule is CCCC[C@@H](CC)CNC(=O)COC(=O)C1=CC=CN2CCS(=O)(=O)N=C12. The van der Waals surface area contributed by atoms with E-state index in [1.54, 1.807) is 17.2 Å². The third-order valence-electron chi connectivity index (χ3n) is 4.54. The zero-order valence-corrected chi connectivity index (χ0v) is 16.6. The predicted octanol–water partition coefficient (Wildman–Crippen LogP) is 1.36. The summed E-state index contributed by atoms with van der Waals surface area (Å²) in [6.45, 7) is 4.57. The van der Waals surface area contributed by atoms with Crippen molar-refractivity contribution in [2.75, 3.05) is 25.4 Å². The Bertz CT molecular complexity index is 755. The van der Waals surface area contributed by atoms with Crippen molar-refractivity contribution in [2.24, 2.45) is 10.3 Å². The van der Waals surface area contributed by atoms with Crippen LogP contribution in [-0.4, -0.2) is 56.5 Å². The fourth-order valence-corrected chi connectivity index (χ4v) is 3.82. The molecule has 2 rings (SSSR count). The van der Waals surface area contributed by atoms with E-state index in [1.165, 1.54) is 6.08 Å². The molecule has 0 spiro atoms. The molecule has 0 aliphatic carbocycles. The number of unbranched alkanes of at least 4 members (excludes halogenated alkanes) is 1. The van der Waals surface area contributed by atoms with Crippen LogP contribution >= 0.6 is 0 Å². The highest BCUT2D eigenvalue weighted by Crippen LogP contribution is 2.18. The number of nitrogens with zero attached hydrogens (tertiary/aromatic N) is 2. The summed E-state index contributed by atoms with van der Waals surface area (Å²) < 4.78 is 32.1. The van der Waals surface area contributed by atoms with E-state index >= 15 is 0 Å². The number of esters is 1. The highest BCUT2D eigenvalue weighted by molar-refractivity contribution is 7.90. The molecule has 2 heterocycles. The lowest BCUT2D eigenvalue weighted by molar-refractivity contribution is -0.144. The molecule has 1 amide bonds. The monoisotopic (exact) mass is 397 g/mol. The van der Waals surface area contributed by atoms with Crippen molar-refractivity contribution in [3.63, 3.8) is 0 Å². The Morgan fingerprint density at radius 3 is 2.85 bits per heavy atom. The number of hydrogen-bond acceptors (Lipinski definition) is 6. The Balaban J connectivity index is 1.88. The number of fused-ring (bicyclic) bond motifs is 1. The molecule has 150 valence electrons. The molecule has 0 fully saturated rings. The van der Waals surface area contributed by atoms with Gasteiger partial charge >= 0.3 is 5.97 Å². The van der Waals surface area contributed by atoms with Crippen molar-refractivity contribution >= 4 is 27.7 Å². The lowest BCUT2D eigenvalue weighted by Gasteiger charge is -2.28. The molecule has 2 aliphatic rings. The number of rotatable bonds is 9. The van der Waals surface area contributed by atoms with Gasteiger partial charge in [-0.25, -0.2) is 13.2 Å². The van der Waals surface area contributed by atoms with E-state index in [-0.39, 0.29) is 29.6 Å². The standard InChI is InChI=1S/C18H27N3O5S/c1-3-5-7-14(4-2)12-19-16(22)13-26-18(23)15-8-6-9-21-10-11-27(24,25)20-17(15)21/h6,8-9,14H,3-5,7,10-13H2,1-2H3,(H,19,22)/t14-/m1/s1. The predicted molar refractivity (Wildman–Crippen MR) is 102 cm³/mol. The molecule has 9 heteroatoms. The number of hydrogen-bond donors (Lipinski definition) is 1. The van der Waals surface area contributed by atoms with Gasteiger partial charge in [0.2, 0.25) is 0 Å². The second kappa shape index (κ2) is 9.68. The number of ether oxygens (including phenoxy) is 1. The first-order valence-corrected chi connectivity index (χ1v) is 10.9. The summed E-state index contributed by atoms with van der Waals surface area (Å²) in [6.07, 6.45) is 8.97. The van der Waals surface area contributed by atoms with Crippen LogP contribution in [0.1, 0.15) is 39.5 Å². The molecule has 1 atom stereocenters. The number of amides is 1. The van der Waals surface area contributed by atoms with Gasteiger partial charge in [-0.2, -0.15) is 0 Å². The summed E-state index contributed by atoms with van der Waals surface area (Å²) >= 11 is 0. The first kappa shape index (κ1) is 21.1. The molecular formula is C18H27N3O5S. The molecule has 0 saturated heterocycles. The van der Waals surface area contributed by atoms with Crippen LogP contribution in [0.2, 0.25) is 0 Å². The largest absolute Gasteiger partial charge is 0.452 e. The fraction of sp³-hybridized carbons (Fsp3) is 0.611. The summed E-state index contributed by atoms with van der Waals surface area (Å²) in [5.74, 6) is -0.804. The second-order valence-corrected chi connectivity index (χ2v) is 8.37. The van der Waals surface area contributed by atoms with Crippen LogP contribution in [0, 0.1) is 5.92 Å². The fourth-order valence-electron chi connectivity index (χ4n) is 2.84. The van der Waals surface area contributed by atoms with E-state index in [1.807, 2.05) is 0 Å². The minimum atomic E-state index is -3.60. The Kier molecular flexibility index (Phi) is 7.58. The smallest absolute Gasteiger partial charge is 0.342 e. The van der Waals surface area contributed by atoms with E-state index in [9.17, 15) is 18.0 Å². The molecule has 0 aromatic rings. The van der Waals surface area contributed by atoms with Gasteiger partial charge in [0.15, 0.2) is 12.4 Å². The van der Waals surface area contributed by atoms with Crippen LogP contribution in [0.5, 0.6) is 0 Å². The van der Waals surface area contributed by atoms with Crippen LogP contribution in [0.3, 0.4) is 0 Å². The molecule has 0 bridgehead atoms. The summed E-state index contributed by atoms with van der Waals surface area (Å²) in [5, 5.41) is 2.78. The van der Waals surface area contributed by atoms with E-state index in [0.29, 0.717) is 12.5 Å². The Morgan fingerprint density at radius 1 is 1.37 bits per heavy atom. The topological polar surface area (TPSA) is 105 Å². The van der Waals surface area contributed by atoms with Gasteiger partial charge in [-0.05, 0) is 24.5 Å². The number of carbonyl (C=O) groups is 2. The first-order valence-electron chi connectivity index (χ1n) is 9.28. The van der Waals surface area contributed by atoms with Crippen molar-refractivity contribution in [3.8, 4) is 0 Å². The van der Waals surface area contributed by atoms with Crippen LogP contribution in [-0.2, 0) is 24.3 Å². The van der Waals surface area contributed by atoms with Crippen molar-refractivity contribution in [1.29, 1.82) is 0 Å². The van der Waals surface area contributed by atoms with Crippen LogP contribution < -0.4 is 5.32 Å². The minimum Gasteiger partial charge on any atom is -0.452 e. The summed E-state index contributed by atoms with van der Waals surface area (Å²) in [5.41, 5.74) is 0.0305. The van der Waals surface area contributed by atoms with Crippen LogP contribution in [0.4, 0.5) is 0 Å². The van der Waals surface area contributed by atoms with Crippen LogP contribution in [0.25, 0.3) is 0 Å². The Labute approximate surface area is 160 Å². The highest BCUT2D eigenvalue weighted by atomic mass is 32.2. The second-order valence-electron chi connectivity index (χ2n) is 6.61. The summed E-state index contributed by atoms with van der Waals surface area (Å²) in [7, 11) is -3.60. The van der Waals surface area contributed by atoms with Crippen molar-refractivity contribution in [1.82, 2.24) is 10.2 Å².